The molecule has 0 aliphatic carbocycles. The molecule has 1 aliphatic rings. The zero-order valence-corrected chi connectivity index (χ0v) is 12.2. The molecule has 0 amide bonds. The molecule has 0 spiro atoms. The van der Waals surface area contributed by atoms with Crippen LogP contribution in [-0.2, 0) is 19.0 Å². The van der Waals surface area contributed by atoms with Crippen LogP contribution in [0.25, 0.3) is 0 Å². The van der Waals surface area contributed by atoms with Crippen LogP contribution in [0.3, 0.4) is 0 Å². The van der Waals surface area contributed by atoms with E-state index in [1.807, 2.05) is 6.92 Å². The Morgan fingerprint density at radius 2 is 2.21 bits per heavy atom. The van der Waals surface area contributed by atoms with E-state index < -0.39 is 0 Å². The van der Waals surface area contributed by atoms with E-state index in [9.17, 15) is 4.79 Å². The topological polar surface area (TPSA) is 56.8 Å². The summed E-state index contributed by atoms with van der Waals surface area (Å²) in [6.45, 7) is 5.56. The van der Waals surface area contributed by atoms with Crippen molar-refractivity contribution in [1.82, 2.24) is 5.32 Å². The van der Waals surface area contributed by atoms with Crippen LogP contribution in [0.15, 0.2) is 0 Å². The third kappa shape index (κ3) is 6.36. The van der Waals surface area contributed by atoms with Crippen molar-refractivity contribution in [2.75, 3.05) is 40.0 Å². The van der Waals surface area contributed by atoms with Crippen LogP contribution >= 0.6 is 0 Å². The number of unbranched alkanes of at least 4 members (excludes halogenated alkanes) is 2. The van der Waals surface area contributed by atoms with Gasteiger partial charge in [0.05, 0.1) is 13.2 Å². The van der Waals surface area contributed by atoms with Gasteiger partial charge in [0.25, 0.3) is 0 Å². The molecule has 0 aromatic heterocycles. The van der Waals surface area contributed by atoms with Gasteiger partial charge < -0.3 is 19.5 Å². The number of hydrogen-bond acceptors (Lipinski definition) is 5. The highest BCUT2D eigenvalue weighted by molar-refractivity contribution is 5.69. The lowest BCUT2D eigenvalue weighted by Gasteiger charge is -2.26. The number of hydrogen-bond donors (Lipinski definition) is 1. The lowest BCUT2D eigenvalue weighted by molar-refractivity contribution is -0.143. The lowest BCUT2D eigenvalue weighted by Crippen LogP contribution is -2.43. The highest BCUT2D eigenvalue weighted by atomic mass is 16.5. The molecule has 1 fully saturated rings. The molecular formula is C14H27NO4. The third-order valence-corrected chi connectivity index (χ3v) is 3.49. The largest absolute Gasteiger partial charge is 0.466 e. The smallest absolute Gasteiger partial charge is 0.305 e. The van der Waals surface area contributed by atoms with Crippen molar-refractivity contribution < 1.29 is 19.0 Å². The zero-order chi connectivity index (χ0) is 14.0. The molecule has 0 saturated carbocycles. The minimum absolute atomic E-state index is 0.0862. The van der Waals surface area contributed by atoms with Gasteiger partial charge in [-0.25, -0.2) is 0 Å². The molecule has 0 aromatic rings. The predicted octanol–water partition coefficient (Wildman–Crippen LogP) is 1.50. The summed E-state index contributed by atoms with van der Waals surface area (Å²) in [7, 11) is 1.75. The molecule has 1 saturated heterocycles. The fourth-order valence-corrected chi connectivity index (χ4v) is 2.21. The number of esters is 1. The molecule has 1 aliphatic heterocycles. The average molecular weight is 273 g/mol. The minimum atomic E-state index is -0.134. The number of carbonyl (C=O) groups is 1. The van der Waals surface area contributed by atoms with Crippen LogP contribution in [0.1, 0.15) is 39.0 Å². The number of rotatable bonds is 10. The summed E-state index contributed by atoms with van der Waals surface area (Å²) in [5, 5.41) is 3.41. The van der Waals surface area contributed by atoms with Gasteiger partial charge >= 0.3 is 5.97 Å². The first-order valence-corrected chi connectivity index (χ1v) is 7.22. The number of nitrogens with one attached hydrogen (secondary N) is 1. The van der Waals surface area contributed by atoms with Gasteiger partial charge in [0.1, 0.15) is 5.60 Å². The molecule has 0 bridgehead atoms. The van der Waals surface area contributed by atoms with Crippen LogP contribution < -0.4 is 5.32 Å². The molecular weight excluding hydrogens is 246 g/mol. The molecule has 1 rings (SSSR count). The number of ether oxygens (including phenoxy) is 3. The second-order valence-electron chi connectivity index (χ2n) is 4.98. The van der Waals surface area contributed by atoms with Gasteiger partial charge in [-0.05, 0) is 26.3 Å². The van der Waals surface area contributed by atoms with E-state index in [1.165, 1.54) is 0 Å². The van der Waals surface area contributed by atoms with Gasteiger partial charge in [-0.2, -0.15) is 0 Å². The Hall–Kier alpha value is -0.650. The summed E-state index contributed by atoms with van der Waals surface area (Å²) < 4.78 is 15.8. The summed E-state index contributed by atoms with van der Waals surface area (Å²) in [5.41, 5.74) is -0.134. The fourth-order valence-electron chi connectivity index (χ4n) is 2.21. The van der Waals surface area contributed by atoms with E-state index in [1.54, 1.807) is 7.11 Å². The molecule has 1 heterocycles. The first-order chi connectivity index (χ1) is 9.22. The summed E-state index contributed by atoms with van der Waals surface area (Å²) >= 11 is 0. The Bertz CT molecular complexity index is 252. The van der Waals surface area contributed by atoms with Crippen LogP contribution in [0.2, 0.25) is 0 Å². The van der Waals surface area contributed by atoms with Crippen molar-refractivity contribution in [3.8, 4) is 0 Å². The molecule has 5 heteroatoms. The van der Waals surface area contributed by atoms with Crippen LogP contribution in [0, 0.1) is 0 Å². The van der Waals surface area contributed by atoms with Crippen molar-refractivity contribution in [2.45, 2.75) is 44.6 Å². The normalized spacial score (nSPS) is 22.6. The summed E-state index contributed by atoms with van der Waals surface area (Å²) in [5.74, 6) is -0.0862. The van der Waals surface area contributed by atoms with E-state index in [-0.39, 0.29) is 11.6 Å². The van der Waals surface area contributed by atoms with Gasteiger partial charge in [0.2, 0.25) is 0 Å². The maximum absolute atomic E-state index is 11.1. The zero-order valence-electron chi connectivity index (χ0n) is 12.2. The average Bonchev–Trinajstić information content (AvgIpc) is 2.87. The van der Waals surface area contributed by atoms with Crippen LogP contribution in [0.4, 0.5) is 0 Å². The van der Waals surface area contributed by atoms with Crippen molar-refractivity contribution in [2.24, 2.45) is 0 Å². The lowest BCUT2D eigenvalue weighted by atomic mass is 10.0. The van der Waals surface area contributed by atoms with Gasteiger partial charge in [-0.3, -0.25) is 4.79 Å². The second-order valence-corrected chi connectivity index (χ2v) is 4.98. The Labute approximate surface area is 116 Å². The Morgan fingerprint density at radius 1 is 1.37 bits per heavy atom. The van der Waals surface area contributed by atoms with Crippen molar-refractivity contribution in [3.63, 3.8) is 0 Å². The standard InChI is InChI=1S/C14H27NO4/c1-3-19-13(16)7-5-4-6-9-15-11-14(17-2)8-10-18-12-14/h15H,3-12H2,1-2H3. The molecule has 0 aromatic carbocycles. The van der Waals surface area contributed by atoms with Gasteiger partial charge in [-0.1, -0.05) is 6.42 Å². The minimum Gasteiger partial charge on any atom is -0.466 e. The summed E-state index contributed by atoms with van der Waals surface area (Å²) in [4.78, 5) is 11.1. The highest BCUT2D eigenvalue weighted by Gasteiger charge is 2.34. The van der Waals surface area contributed by atoms with Gasteiger partial charge in [0.15, 0.2) is 0 Å². The maximum atomic E-state index is 11.1. The summed E-state index contributed by atoms with van der Waals surface area (Å²) in [6.07, 6.45) is 4.50. The molecule has 1 N–H and O–H groups in total. The molecule has 112 valence electrons. The monoisotopic (exact) mass is 273 g/mol. The SMILES string of the molecule is CCOC(=O)CCCCCNCC1(OC)CCOC1. The van der Waals surface area contributed by atoms with E-state index in [0.29, 0.717) is 19.6 Å². The quantitative estimate of drug-likeness (QED) is 0.483. The number of methoxy groups -OCH3 is 1. The predicted molar refractivity (Wildman–Crippen MR) is 73.1 cm³/mol. The Kier molecular flexibility index (Phi) is 8.02. The van der Waals surface area contributed by atoms with Gasteiger partial charge in [0, 0.05) is 33.1 Å². The Morgan fingerprint density at radius 3 is 2.84 bits per heavy atom. The van der Waals surface area contributed by atoms with Crippen molar-refractivity contribution in [3.05, 3.63) is 0 Å². The van der Waals surface area contributed by atoms with Crippen LogP contribution in [0.5, 0.6) is 0 Å². The third-order valence-electron chi connectivity index (χ3n) is 3.49. The van der Waals surface area contributed by atoms with E-state index in [0.717, 1.165) is 45.4 Å². The molecule has 19 heavy (non-hydrogen) atoms. The first-order valence-electron chi connectivity index (χ1n) is 7.22. The summed E-state index contributed by atoms with van der Waals surface area (Å²) in [6, 6.07) is 0. The molecule has 0 radical (unpaired) electrons. The molecule has 5 nitrogen and oxygen atoms in total. The van der Waals surface area contributed by atoms with E-state index in [4.69, 9.17) is 14.2 Å². The number of carbonyl (C=O) groups excluding carboxylic acids is 1. The fraction of sp³-hybridized carbons (Fsp3) is 0.929. The van der Waals surface area contributed by atoms with E-state index >= 15 is 0 Å². The first kappa shape index (κ1) is 16.4. The maximum Gasteiger partial charge on any atom is 0.305 e. The molecule has 1 unspecified atom stereocenters. The van der Waals surface area contributed by atoms with Gasteiger partial charge in [-0.15, -0.1) is 0 Å². The highest BCUT2D eigenvalue weighted by Crippen LogP contribution is 2.21. The second kappa shape index (κ2) is 9.28. The van der Waals surface area contributed by atoms with Crippen LogP contribution in [-0.4, -0.2) is 51.6 Å². The van der Waals surface area contributed by atoms with Crippen molar-refractivity contribution in [1.29, 1.82) is 0 Å². The molecule has 1 atom stereocenters. The van der Waals surface area contributed by atoms with E-state index in [2.05, 4.69) is 5.32 Å². The Balaban J connectivity index is 1.95. The van der Waals surface area contributed by atoms with Crippen molar-refractivity contribution >= 4 is 5.97 Å².